The second-order valence-corrected chi connectivity index (χ2v) is 4.27. The standard InChI is InChI=1S/C12H24O2/c1-4-6-7-8-11-10(3)9-12(14-11)13-5-2/h10-12H,4-9H2,1-3H3/t10-,11+,12?/m0/s1. The van der Waals surface area contributed by atoms with E-state index in [1.165, 1.54) is 25.7 Å². The summed E-state index contributed by atoms with van der Waals surface area (Å²) in [5, 5.41) is 0. The lowest BCUT2D eigenvalue weighted by Crippen LogP contribution is -2.15. The maximum Gasteiger partial charge on any atom is 0.158 e. The van der Waals surface area contributed by atoms with Crippen LogP contribution in [0.15, 0.2) is 0 Å². The van der Waals surface area contributed by atoms with Gasteiger partial charge in [-0.05, 0) is 19.3 Å². The van der Waals surface area contributed by atoms with Crippen LogP contribution in [0.2, 0.25) is 0 Å². The average molecular weight is 200 g/mol. The summed E-state index contributed by atoms with van der Waals surface area (Å²) in [6.45, 7) is 7.30. The van der Waals surface area contributed by atoms with Gasteiger partial charge in [-0.25, -0.2) is 0 Å². The van der Waals surface area contributed by atoms with E-state index in [-0.39, 0.29) is 6.29 Å². The lowest BCUT2D eigenvalue weighted by atomic mass is 9.99. The molecule has 0 aromatic heterocycles. The molecule has 0 amide bonds. The van der Waals surface area contributed by atoms with E-state index in [1.54, 1.807) is 0 Å². The minimum absolute atomic E-state index is 0.0710. The SMILES string of the molecule is CCCCC[C@H]1OC(OCC)C[C@@H]1C. The highest BCUT2D eigenvalue weighted by Crippen LogP contribution is 2.29. The summed E-state index contributed by atoms with van der Waals surface area (Å²) in [6, 6.07) is 0. The van der Waals surface area contributed by atoms with E-state index in [4.69, 9.17) is 9.47 Å². The lowest BCUT2D eigenvalue weighted by Gasteiger charge is -2.14. The molecular weight excluding hydrogens is 176 g/mol. The van der Waals surface area contributed by atoms with Crippen molar-refractivity contribution in [3.8, 4) is 0 Å². The number of hydrogen-bond donors (Lipinski definition) is 0. The summed E-state index contributed by atoms with van der Waals surface area (Å²) >= 11 is 0. The van der Waals surface area contributed by atoms with E-state index in [1.807, 2.05) is 6.92 Å². The third-order valence-corrected chi connectivity index (χ3v) is 2.97. The van der Waals surface area contributed by atoms with Crippen LogP contribution in [0.25, 0.3) is 0 Å². The first-order valence-corrected chi connectivity index (χ1v) is 6.05. The summed E-state index contributed by atoms with van der Waals surface area (Å²) in [7, 11) is 0. The van der Waals surface area contributed by atoms with Crippen molar-refractivity contribution in [3.63, 3.8) is 0 Å². The van der Waals surface area contributed by atoms with Crippen LogP contribution in [-0.4, -0.2) is 19.0 Å². The van der Waals surface area contributed by atoms with Crippen molar-refractivity contribution in [2.24, 2.45) is 5.92 Å². The van der Waals surface area contributed by atoms with Gasteiger partial charge >= 0.3 is 0 Å². The van der Waals surface area contributed by atoms with E-state index in [0.717, 1.165) is 13.0 Å². The van der Waals surface area contributed by atoms with Gasteiger partial charge in [0.2, 0.25) is 0 Å². The second-order valence-electron chi connectivity index (χ2n) is 4.27. The fourth-order valence-corrected chi connectivity index (χ4v) is 2.08. The number of rotatable bonds is 6. The van der Waals surface area contributed by atoms with Crippen molar-refractivity contribution in [1.29, 1.82) is 0 Å². The summed E-state index contributed by atoms with van der Waals surface area (Å²) in [4.78, 5) is 0. The maximum absolute atomic E-state index is 5.84. The first-order valence-electron chi connectivity index (χ1n) is 6.05. The van der Waals surface area contributed by atoms with Gasteiger partial charge < -0.3 is 9.47 Å². The molecule has 1 rings (SSSR count). The van der Waals surface area contributed by atoms with Gasteiger partial charge in [0.05, 0.1) is 6.10 Å². The van der Waals surface area contributed by atoms with Crippen LogP contribution in [0.4, 0.5) is 0 Å². The molecule has 0 aromatic carbocycles. The topological polar surface area (TPSA) is 18.5 Å². The Morgan fingerprint density at radius 2 is 2.07 bits per heavy atom. The summed E-state index contributed by atoms with van der Waals surface area (Å²) in [5.41, 5.74) is 0. The van der Waals surface area contributed by atoms with Crippen LogP contribution in [-0.2, 0) is 9.47 Å². The molecule has 0 saturated carbocycles. The summed E-state index contributed by atoms with van der Waals surface area (Å²) in [6.07, 6.45) is 6.70. The van der Waals surface area contributed by atoms with Crippen molar-refractivity contribution >= 4 is 0 Å². The van der Waals surface area contributed by atoms with Gasteiger partial charge in [-0.1, -0.05) is 33.1 Å². The molecule has 2 nitrogen and oxygen atoms in total. The normalized spacial score (nSPS) is 32.4. The molecule has 1 aliphatic rings. The van der Waals surface area contributed by atoms with E-state index in [0.29, 0.717) is 12.0 Å². The van der Waals surface area contributed by atoms with Crippen molar-refractivity contribution in [3.05, 3.63) is 0 Å². The monoisotopic (exact) mass is 200 g/mol. The largest absolute Gasteiger partial charge is 0.353 e. The maximum atomic E-state index is 5.84. The Hall–Kier alpha value is -0.0800. The van der Waals surface area contributed by atoms with Crippen molar-refractivity contribution in [2.75, 3.05) is 6.61 Å². The molecular formula is C12H24O2. The molecule has 0 radical (unpaired) electrons. The van der Waals surface area contributed by atoms with Crippen LogP contribution in [0, 0.1) is 5.92 Å². The zero-order valence-electron chi connectivity index (χ0n) is 9.79. The molecule has 0 spiro atoms. The van der Waals surface area contributed by atoms with Crippen molar-refractivity contribution in [2.45, 2.75) is 65.3 Å². The van der Waals surface area contributed by atoms with Crippen molar-refractivity contribution < 1.29 is 9.47 Å². The van der Waals surface area contributed by atoms with Gasteiger partial charge in [-0.15, -0.1) is 0 Å². The third kappa shape index (κ3) is 3.58. The zero-order valence-corrected chi connectivity index (χ0v) is 9.79. The molecule has 3 atom stereocenters. The highest BCUT2D eigenvalue weighted by atomic mass is 16.7. The highest BCUT2D eigenvalue weighted by Gasteiger charge is 2.31. The molecule has 0 aromatic rings. The molecule has 84 valence electrons. The molecule has 0 bridgehead atoms. The first-order chi connectivity index (χ1) is 6.77. The van der Waals surface area contributed by atoms with E-state index < -0.39 is 0 Å². The van der Waals surface area contributed by atoms with Gasteiger partial charge in [-0.2, -0.15) is 0 Å². The van der Waals surface area contributed by atoms with Crippen LogP contribution in [0.3, 0.4) is 0 Å². The molecule has 0 aliphatic carbocycles. The van der Waals surface area contributed by atoms with Crippen LogP contribution >= 0.6 is 0 Å². The first kappa shape index (κ1) is 12.0. The van der Waals surface area contributed by atoms with Crippen LogP contribution < -0.4 is 0 Å². The number of unbranched alkanes of at least 4 members (excludes halogenated alkanes) is 2. The Morgan fingerprint density at radius 1 is 1.29 bits per heavy atom. The van der Waals surface area contributed by atoms with Gasteiger partial charge in [-0.3, -0.25) is 0 Å². The summed E-state index contributed by atoms with van der Waals surface area (Å²) < 4.78 is 11.3. The van der Waals surface area contributed by atoms with Crippen LogP contribution in [0.5, 0.6) is 0 Å². The third-order valence-electron chi connectivity index (χ3n) is 2.97. The predicted octanol–water partition coefficient (Wildman–Crippen LogP) is 3.35. The molecule has 1 unspecified atom stereocenters. The quantitative estimate of drug-likeness (QED) is 0.612. The van der Waals surface area contributed by atoms with E-state index in [9.17, 15) is 0 Å². The molecule has 2 heteroatoms. The zero-order chi connectivity index (χ0) is 10.4. The van der Waals surface area contributed by atoms with Gasteiger partial charge in [0.25, 0.3) is 0 Å². The Kier molecular flexibility index (Phi) is 5.49. The Bertz CT molecular complexity index is 147. The van der Waals surface area contributed by atoms with E-state index in [2.05, 4.69) is 13.8 Å². The molecule has 1 fully saturated rings. The lowest BCUT2D eigenvalue weighted by molar-refractivity contribution is -0.132. The second kappa shape index (κ2) is 6.41. The smallest absolute Gasteiger partial charge is 0.158 e. The predicted molar refractivity (Wildman–Crippen MR) is 58.2 cm³/mol. The fraction of sp³-hybridized carbons (Fsp3) is 1.00. The number of ether oxygens (including phenoxy) is 2. The Labute approximate surface area is 88.0 Å². The van der Waals surface area contributed by atoms with E-state index >= 15 is 0 Å². The molecule has 0 N–H and O–H groups in total. The fourth-order valence-electron chi connectivity index (χ4n) is 2.08. The van der Waals surface area contributed by atoms with Gasteiger partial charge in [0.1, 0.15) is 0 Å². The Morgan fingerprint density at radius 3 is 2.71 bits per heavy atom. The minimum atomic E-state index is 0.0710. The molecule has 1 saturated heterocycles. The molecule has 1 heterocycles. The summed E-state index contributed by atoms with van der Waals surface area (Å²) in [5.74, 6) is 0.670. The number of hydrogen-bond acceptors (Lipinski definition) is 2. The Balaban J connectivity index is 2.19. The molecule has 14 heavy (non-hydrogen) atoms. The average Bonchev–Trinajstić information content (AvgIpc) is 2.48. The minimum Gasteiger partial charge on any atom is -0.353 e. The van der Waals surface area contributed by atoms with Gasteiger partial charge in [0.15, 0.2) is 6.29 Å². The van der Waals surface area contributed by atoms with Gasteiger partial charge in [0, 0.05) is 13.0 Å². The highest BCUT2D eigenvalue weighted by molar-refractivity contribution is 4.75. The van der Waals surface area contributed by atoms with Crippen molar-refractivity contribution in [1.82, 2.24) is 0 Å². The molecule has 1 aliphatic heterocycles. The van der Waals surface area contributed by atoms with Crippen LogP contribution in [0.1, 0.15) is 52.9 Å².